The summed E-state index contributed by atoms with van der Waals surface area (Å²) in [7, 11) is 0. The van der Waals surface area contributed by atoms with Crippen molar-refractivity contribution in [2.75, 3.05) is 26.4 Å². The zero-order valence-corrected chi connectivity index (χ0v) is 45.2. The predicted octanol–water partition coefficient (Wildman–Crippen LogP) is 12.7. The van der Waals surface area contributed by atoms with Crippen molar-refractivity contribution >= 4 is 80.4 Å². The molecule has 2 saturated carbocycles. The summed E-state index contributed by atoms with van der Waals surface area (Å²) in [6, 6.07) is 24.2. The van der Waals surface area contributed by atoms with Gasteiger partial charge in [0.2, 0.25) is 0 Å². The molecule has 0 spiro atoms. The number of benzene rings is 4. The van der Waals surface area contributed by atoms with Gasteiger partial charge in [0, 0.05) is 17.7 Å². The van der Waals surface area contributed by atoms with Gasteiger partial charge in [-0.1, -0.05) is 13.2 Å². The number of hydrogen-bond donors (Lipinski definition) is 0. The largest absolute Gasteiger partial charge is 0.494 e. The Balaban J connectivity index is 0.876. The highest BCUT2D eigenvalue weighted by Crippen LogP contribution is 2.43. The second-order valence-electron chi connectivity index (χ2n) is 19.0. The van der Waals surface area contributed by atoms with E-state index in [2.05, 4.69) is 23.3 Å². The summed E-state index contributed by atoms with van der Waals surface area (Å²) in [6.07, 6.45) is 12.7. The molecule has 1 heterocycles. The van der Waals surface area contributed by atoms with Gasteiger partial charge in [0.15, 0.2) is 11.5 Å². The van der Waals surface area contributed by atoms with Gasteiger partial charge in [0.05, 0.1) is 60.9 Å². The van der Waals surface area contributed by atoms with Crippen LogP contribution in [-0.4, -0.2) is 72.4 Å². The fourth-order valence-electron chi connectivity index (χ4n) is 9.06. The molecular weight excluding hydrogens is 1040 g/mol. The lowest BCUT2D eigenvalue weighted by Crippen LogP contribution is -2.30. The number of ether oxygens (including phenoxy) is 8. The maximum atomic E-state index is 13.8. The molecule has 2 aliphatic carbocycles. The number of aromatic nitrogens is 1. The van der Waals surface area contributed by atoms with E-state index in [9.17, 15) is 28.8 Å². The van der Waals surface area contributed by atoms with Gasteiger partial charge < -0.3 is 37.9 Å². The van der Waals surface area contributed by atoms with Crippen LogP contribution < -0.4 is 28.4 Å². The second-order valence-corrected chi connectivity index (χ2v) is 20.2. The van der Waals surface area contributed by atoms with E-state index in [4.69, 9.17) is 55.1 Å². The van der Waals surface area contributed by atoms with E-state index in [1.807, 2.05) is 12.1 Å². The molecule has 0 amide bonds. The molecule has 410 valence electrons. The normalized spacial score (nSPS) is 16.8. The molecule has 0 atom stereocenters. The van der Waals surface area contributed by atoms with Crippen molar-refractivity contribution in [1.29, 1.82) is 0 Å². The van der Waals surface area contributed by atoms with Crippen LogP contribution in [0.4, 0.5) is 5.69 Å². The minimum Gasteiger partial charge on any atom is -0.494 e. The van der Waals surface area contributed by atoms with Crippen molar-refractivity contribution in [2.45, 2.75) is 103 Å². The van der Waals surface area contributed by atoms with Gasteiger partial charge in [-0.15, -0.1) is 11.3 Å². The third-order valence-corrected chi connectivity index (χ3v) is 14.7. The number of hydrogen-bond acceptors (Lipinski definition) is 18. The Bertz CT molecular complexity index is 2730. The zero-order chi connectivity index (χ0) is 55.1. The molecule has 0 saturated heterocycles. The van der Waals surface area contributed by atoms with E-state index in [1.54, 1.807) is 72.8 Å². The number of nitrogens with zero attached hydrogens (tertiary/aromatic N) is 2. The standard InChI is InChI=1S/C60H64N2O14S2/c1-3-52(63)71-37-11-7-5-9-35-69-46-25-29-48(30-26-46)73-57(65)41-13-17-43(18-14-41)59(67)75-50-33-34-51(55-54(50)62-56(78-55)40-21-23-45(24-22-40)61-39-77)76-60(68)44-19-15-42(16-20-44)58(66)74-49-31-27-47(28-32-49)70-36-10-6-8-12-38-72-53(64)4-2/h3-4,21-34,41-44H,1-2,5-20,35-38H2. The molecular formula is C60H64N2O14S2. The monoisotopic (exact) mass is 1100 g/mol. The molecule has 2 aliphatic rings. The quantitative estimate of drug-likeness (QED) is 0.0114. The average molecular weight is 1100 g/mol. The Kier molecular flexibility index (Phi) is 22.7. The molecule has 0 bridgehead atoms. The van der Waals surface area contributed by atoms with Gasteiger partial charge in [-0.05, 0) is 200 Å². The lowest BCUT2D eigenvalue weighted by molar-refractivity contribution is -0.145. The van der Waals surface area contributed by atoms with Crippen LogP contribution in [0, 0.1) is 23.7 Å². The van der Waals surface area contributed by atoms with Crippen LogP contribution in [0.15, 0.2) is 115 Å². The first-order valence-corrected chi connectivity index (χ1v) is 27.7. The molecule has 7 rings (SSSR count). The van der Waals surface area contributed by atoms with Gasteiger partial charge in [-0.3, -0.25) is 19.2 Å². The Labute approximate surface area is 463 Å². The number of carbonyl (C=O) groups excluding carboxylic acids is 6. The molecule has 0 radical (unpaired) electrons. The molecule has 5 aromatic rings. The minimum absolute atomic E-state index is 0.215. The lowest BCUT2D eigenvalue weighted by atomic mass is 9.82. The van der Waals surface area contributed by atoms with Gasteiger partial charge in [-0.25, -0.2) is 14.6 Å². The fraction of sp³-hybridized carbons (Fsp3) is 0.400. The molecule has 16 nitrogen and oxygen atoms in total. The van der Waals surface area contributed by atoms with Crippen molar-refractivity contribution in [1.82, 2.24) is 4.98 Å². The molecule has 4 aromatic carbocycles. The van der Waals surface area contributed by atoms with E-state index in [-0.39, 0.29) is 35.3 Å². The van der Waals surface area contributed by atoms with Crippen LogP contribution in [0.5, 0.6) is 34.5 Å². The summed E-state index contributed by atoms with van der Waals surface area (Å²) in [5.74, 6) is -1.49. The summed E-state index contributed by atoms with van der Waals surface area (Å²) < 4.78 is 45.7. The highest BCUT2D eigenvalue weighted by molar-refractivity contribution is 7.78. The van der Waals surface area contributed by atoms with E-state index < -0.39 is 35.7 Å². The van der Waals surface area contributed by atoms with Crippen molar-refractivity contribution in [3.05, 3.63) is 110 Å². The Morgan fingerprint density at radius 3 is 1.32 bits per heavy atom. The van der Waals surface area contributed by atoms with Crippen LogP contribution in [0.1, 0.15) is 103 Å². The molecule has 78 heavy (non-hydrogen) atoms. The lowest BCUT2D eigenvalue weighted by Gasteiger charge is -2.26. The topological polar surface area (TPSA) is 202 Å². The number of unbranched alkanes of at least 4 members (excludes halogenated alkanes) is 6. The number of carbonyl (C=O) groups is 6. The predicted molar refractivity (Wildman–Crippen MR) is 296 cm³/mol. The zero-order valence-electron chi connectivity index (χ0n) is 43.5. The number of esters is 6. The molecule has 0 unspecified atom stereocenters. The minimum atomic E-state index is -0.463. The van der Waals surface area contributed by atoms with Crippen molar-refractivity contribution in [2.24, 2.45) is 28.7 Å². The summed E-state index contributed by atoms with van der Waals surface area (Å²) in [6.45, 7) is 8.57. The molecule has 18 heteroatoms. The van der Waals surface area contributed by atoms with Gasteiger partial charge in [0.1, 0.15) is 38.2 Å². The first-order valence-electron chi connectivity index (χ1n) is 26.5. The molecule has 1 aromatic heterocycles. The Morgan fingerprint density at radius 1 is 0.513 bits per heavy atom. The van der Waals surface area contributed by atoms with Crippen LogP contribution >= 0.6 is 23.6 Å². The van der Waals surface area contributed by atoms with Gasteiger partial charge in [-0.2, -0.15) is 4.99 Å². The first-order chi connectivity index (χ1) is 38.0. The number of fused-ring (bicyclic) bond motifs is 1. The maximum Gasteiger partial charge on any atom is 0.330 e. The fourth-order valence-corrected chi connectivity index (χ4v) is 10.2. The van der Waals surface area contributed by atoms with Crippen LogP contribution in [0.2, 0.25) is 0 Å². The summed E-state index contributed by atoms with van der Waals surface area (Å²) >= 11 is 6.05. The number of rotatable bonds is 28. The van der Waals surface area contributed by atoms with Crippen LogP contribution in [-0.2, 0) is 38.2 Å². The third kappa shape index (κ3) is 17.8. The molecule has 2 fully saturated rings. The van der Waals surface area contributed by atoms with E-state index >= 15 is 0 Å². The van der Waals surface area contributed by atoms with Crippen molar-refractivity contribution < 1.29 is 66.7 Å². The summed E-state index contributed by atoms with van der Waals surface area (Å²) in [5.41, 5.74) is 1.73. The highest BCUT2D eigenvalue weighted by Gasteiger charge is 2.35. The summed E-state index contributed by atoms with van der Waals surface area (Å²) in [5, 5.41) is 2.95. The molecule has 0 aliphatic heterocycles. The van der Waals surface area contributed by atoms with E-state index in [1.165, 1.54) is 11.3 Å². The number of thiocarbonyl (C=S) groups is 1. The van der Waals surface area contributed by atoms with Crippen molar-refractivity contribution in [3.63, 3.8) is 0 Å². The Morgan fingerprint density at radius 2 is 0.897 bits per heavy atom. The average Bonchev–Trinajstić information content (AvgIpc) is 3.95. The second kappa shape index (κ2) is 30.4. The van der Waals surface area contributed by atoms with Crippen LogP contribution in [0.25, 0.3) is 20.8 Å². The van der Waals surface area contributed by atoms with E-state index in [0.29, 0.717) is 122 Å². The highest BCUT2D eigenvalue weighted by atomic mass is 32.1. The first kappa shape index (κ1) is 58.2. The number of aliphatic imine (C=N–C) groups is 1. The number of isothiocyanates is 1. The smallest absolute Gasteiger partial charge is 0.330 e. The third-order valence-electron chi connectivity index (χ3n) is 13.5. The van der Waals surface area contributed by atoms with Crippen LogP contribution in [0.3, 0.4) is 0 Å². The maximum absolute atomic E-state index is 13.8. The number of thiazole rings is 1. The summed E-state index contributed by atoms with van der Waals surface area (Å²) in [4.78, 5) is 85.2. The van der Waals surface area contributed by atoms with Gasteiger partial charge >= 0.3 is 35.8 Å². The SMILES string of the molecule is C=CC(=O)OCCCCCCOc1ccc(OC(=O)C2CCC(C(=O)Oc3ccc(OC(=O)C4CCC(C(=O)Oc5ccc(OCCCCCCOC(=O)C=C)cc5)CC4)c4sc(-c5ccc(N=C=S)cc5)nc34)CC2)cc1. The van der Waals surface area contributed by atoms with E-state index in [0.717, 1.165) is 69.1 Å². The van der Waals surface area contributed by atoms with Crippen molar-refractivity contribution in [3.8, 4) is 45.1 Å². The van der Waals surface area contributed by atoms with Gasteiger partial charge in [0.25, 0.3) is 0 Å². The molecule has 0 N–H and O–H groups in total. The Hall–Kier alpha value is -7.53.